The van der Waals surface area contributed by atoms with Gasteiger partial charge in [-0.2, -0.15) is 0 Å². The zero-order valence-corrected chi connectivity index (χ0v) is 27.3. The van der Waals surface area contributed by atoms with Crippen molar-refractivity contribution >= 4 is 34.9 Å². The molecule has 0 radical (unpaired) electrons. The van der Waals surface area contributed by atoms with E-state index in [0.717, 1.165) is 85.8 Å². The Hall–Kier alpha value is -2.82. The third-order valence-electron chi connectivity index (χ3n) is 9.80. The Morgan fingerprint density at radius 3 is 2.67 bits per heavy atom. The van der Waals surface area contributed by atoms with Crippen molar-refractivity contribution < 1.29 is 9.53 Å². The number of unbranched alkanes of at least 4 members (excludes halogenated alkanes) is 1. The summed E-state index contributed by atoms with van der Waals surface area (Å²) in [6.45, 7) is 12.6. The van der Waals surface area contributed by atoms with E-state index in [4.69, 9.17) is 26.7 Å². The van der Waals surface area contributed by atoms with Gasteiger partial charge in [-0.05, 0) is 96.9 Å². The number of carbonyl (C=O) groups excluding carboxylic acids is 1. The number of ether oxygens (including phenoxy) is 1. The van der Waals surface area contributed by atoms with Crippen LogP contribution in [0.2, 0.25) is 5.02 Å². The van der Waals surface area contributed by atoms with Crippen LogP contribution in [0, 0.1) is 23.2 Å². The first-order chi connectivity index (χ1) is 20.6. The van der Waals surface area contributed by atoms with Crippen LogP contribution in [0.1, 0.15) is 108 Å². The van der Waals surface area contributed by atoms with Crippen LogP contribution in [0.5, 0.6) is 0 Å². The van der Waals surface area contributed by atoms with Crippen LogP contribution in [0.3, 0.4) is 0 Å². The molecule has 0 spiro atoms. The van der Waals surface area contributed by atoms with Crippen LogP contribution >= 0.6 is 11.6 Å². The molecule has 4 nitrogen and oxygen atoms in total. The molecule has 4 unspecified atom stereocenters. The fraction of sp³-hybridized carbons (Fsp3) is 0.500. The maximum absolute atomic E-state index is 13.4. The molecule has 2 aliphatic carbocycles. The molecule has 1 N–H and O–H groups in total. The second kappa shape index (κ2) is 13.9. The molecule has 4 aliphatic rings. The number of benzene rings is 1. The van der Waals surface area contributed by atoms with Crippen LogP contribution in [-0.4, -0.2) is 30.4 Å². The Labute approximate surface area is 263 Å². The van der Waals surface area contributed by atoms with Gasteiger partial charge in [-0.1, -0.05) is 82.5 Å². The summed E-state index contributed by atoms with van der Waals surface area (Å²) in [7, 11) is 0. The SMILES string of the molecule is CC1=CC(C)CC=C1C1=CC=CC(C)C(C(C)c2cc(Cl)c3c(c2)C=C(C(=O)C(=N)CCCCC2CCOCC2)C3C)=N1. The van der Waals surface area contributed by atoms with E-state index in [-0.39, 0.29) is 29.2 Å². The predicted molar refractivity (Wildman–Crippen MR) is 180 cm³/mol. The van der Waals surface area contributed by atoms with Gasteiger partial charge in [0.1, 0.15) is 0 Å². The van der Waals surface area contributed by atoms with Crippen molar-refractivity contribution in [2.45, 2.75) is 91.4 Å². The number of Topliss-reactive ketones (excluding diaryl/α,β-unsaturated/α-hetero) is 1. The third kappa shape index (κ3) is 7.13. The van der Waals surface area contributed by atoms with Crippen LogP contribution in [-0.2, 0) is 9.53 Å². The van der Waals surface area contributed by atoms with Crippen molar-refractivity contribution in [3.05, 3.63) is 86.6 Å². The zero-order valence-electron chi connectivity index (χ0n) is 26.5. The first kappa shape index (κ1) is 31.6. The van der Waals surface area contributed by atoms with Gasteiger partial charge in [-0.3, -0.25) is 9.79 Å². The smallest absolute Gasteiger partial charge is 0.203 e. The van der Waals surface area contributed by atoms with E-state index in [9.17, 15) is 4.79 Å². The molecule has 43 heavy (non-hydrogen) atoms. The number of halogens is 1. The van der Waals surface area contributed by atoms with Gasteiger partial charge < -0.3 is 10.1 Å². The van der Waals surface area contributed by atoms with Gasteiger partial charge in [0, 0.05) is 47.3 Å². The summed E-state index contributed by atoms with van der Waals surface area (Å²) in [4.78, 5) is 18.7. The van der Waals surface area contributed by atoms with Crippen molar-refractivity contribution in [3.63, 3.8) is 0 Å². The number of allylic oxidation sites excluding steroid dienone is 7. The van der Waals surface area contributed by atoms with Crippen molar-refractivity contribution in [1.82, 2.24) is 0 Å². The summed E-state index contributed by atoms with van der Waals surface area (Å²) in [6, 6.07) is 4.24. The fourth-order valence-corrected chi connectivity index (χ4v) is 7.51. The maximum Gasteiger partial charge on any atom is 0.203 e. The highest BCUT2D eigenvalue weighted by Crippen LogP contribution is 2.43. The highest BCUT2D eigenvalue weighted by atomic mass is 35.5. The normalized spacial score (nSPS) is 24.7. The van der Waals surface area contributed by atoms with E-state index < -0.39 is 0 Å². The average Bonchev–Trinajstić information content (AvgIpc) is 3.20. The molecule has 2 aliphatic heterocycles. The molecule has 1 aromatic carbocycles. The number of carbonyl (C=O) groups is 1. The number of ketones is 1. The first-order valence-electron chi connectivity index (χ1n) is 16.2. The Balaban J connectivity index is 1.31. The van der Waals surface area contributed by atoms with Gasteiger partial charge in [-0.25, -0.2) is 0 Å². The summed E-state index contributed by atoms with van der Waals surface area (Å²) in [6.07, 6.45) is 20.1. The lowest BCUT2D eigenvalue weighted by Gasteiger charge is -2.22. The van der Waals surface area contributed by atoms with E-state index in [0.29, 0.717) is 22.9 Å². The van der Waals surface area contributed by atoms with Crippen LogP contribution < -0.4 is 0 Å². The number of nitrogens with zero attached hydrogens (tertiary/aromatic N) is 1. The Kier molecular flexibility index (Phi) is 10.2. The van der Waals surface area contributed by atoms with Crippen molar-refractivity contribution in [2.24, 2.45) is 22.7 Å². The number of hydrogen-bond donors (Lipinski definition) is 1. The van der Waals surface area contributed by atoms with Crippen molar-refractivity contribution in [3.8, 4) is 0 Å². The lowest BCUT2D eigenvalue weighted by Crippen LogP contribution is -2.18. The monoisotopic (exact) mass is 598 g/mol. The molecular formula is C38H47ClN2O2. The Morgan fingerprint density at radius 1 is 1.16 bits per heavy atom. The molecule has 5 rings (SSSR count). The van der Waals surface area contributed by atoms with Gasteiger partial charge in [0.2, 0.25) is 5.78 Å². The topological polar surface area (TPSA) is 62.5 Å². The van der Waals surface area contributed by atoms with Gasteiger partial charge in [0.25, 0.3) is 0 Å². The number of aliphatic imine (C=N–C) groups is 1. The summed E-state index contributed by atoms with van der Waals surface area (Å²) >= 11 is 6.94. The molecule has 1 aromatic rings. The molecule has 0 bridgehead atoms. The largest absolute Gasteiger partial charge is 0.381 e. The van der Waals surface area contributed by atoms with Gasteiger partial charge >= 0.3 is 0 Å². The van der Waals surface area contributed by atoms with Gasteiger partial charge in [0.05, 0.1) is 11.4 Å². The molecule has 1 fully saturated rings. The van der Waals surface area contributed by atoms with Crippen molar-refractivity contribution in [1.29, 1.82) is 5.41 Å². The molecule has 4 atom stereocenters. The molecule has 5 heteroatoms. The van der Waals surface area contributed by atoms with Crippen molar-refractivity contribution in [2.75, 3.05) is 13.2 Å². The molecule has 0 saturated carbocycles. The Morgan fingerprint density at radius 2 is 1.93 bits per heavy atom. The van der Waals surface area contributed by atoms with E-state index >= 15 is 0 Å². The average molecular weight is 599 g/mol. The molecular weight excluding hydrogens is 552 g/mol. The molecule has 0 aromatic heterocycles. The minimum atomic E-state index is -0.138. The zero-order chi connectivity index (χ0) is 30.7. The quantitative estimate of drug-likeness (QED) is 0.215. The maximum atomic E-state index is 13.4. The fourth-order valence-electron chi connectivity index (χ4n) is 7.11. The number of fused-ring (bicyclic) bond motifs is 1. The molecule has 0 amide bonds. The second-order valence-electron chi connectivity index (χ2n) is 13.1. The van der Waals surface area contributed by atoms with Gasteiger partial charge in [0.15, 0.2) is 0 Å². The number of nitrogens with one attached hydrogen (secondary N) is 1. The Bertz CT molecular complexity index is 1450. The standard InChI is InChI=1S/C38H47ClN2O2/c1-23-13-14-31(25(3)19-23)35-12-8-9-24(2)37(41-35)26(4)29-20-30-21-32(27(5)36(30)33(39)22-29)38(42)34(40)11-7-6-10-28-15-17-43-18-16-28/h8-9,12,14,19-24,26-28,40H,6-7,10-11,13,15-18H2,1-5H3. The minimum Gasteiger partial charge on any atom is -0.381 e. The highest BCUT2D eigenvalue weighted by Gasteiger charge is 2.31. The number of rotatable bonds is 10. The second-order valence-corrected chi connectivity index (χ2v) is 13.5. The highest BCUT2D eigenvalue weighted by molar-refractivity contribution is 6.46. The van der Waals surface area contributed by atoms with Gasteiger partial charge in [-0.15, -0.1) is 0 Å². The molecule has 2 heterocycles. The predicted octanol–water partition coefficient (Wildman–Crippen LogP) is 9.96. The molecule has 1 saturated heterocycles. The third-order valence-corrected chi connectivity index (χ3v) is 10.1. The lowest BCUT2D eigenvalue weighted by molar-refractivity contribution is -0.110. The summed E-state index contributed by atoms with van der Waals surface area (Å²) in [5.74, 6) is 1.25. The minimum absolute atomic E-state index is 0.0498. The summed E-state index contributed by atoms with van der Waals surface area (Å²) < 4.78 is 5.46. The first-order valence-corrected chi connectivity index (χ1v) is 16.6. The van der Waals surface area contributed by atoms with E-state index in [1.807, 2.05) is 13.0 Å². The van der Waals surface area contributed by atoms with Crippen LogP contribution in [0.4, 0.5) is 0 Å². The van der Waals surface area contributed by atoms with Crippen LogP contribution in [0.25, 0.3) is 6.08 Å². The lowest BCUT2D eigenvalue weighted by atomic mass is 9.86. The van der Waals surface area contributed by atoms with E-state index in [1.54, 1.807) is 0 Å². The van der Waals surface area contributed by atoms with E-state index in [1.165, 1.54) is 11.1 Å². The summed E-state index contributed by atoms with van der Waals surface area (Å²) in [5, 5.41) is 9.25. The van der Waals surface area contributed by atoms with E-state index in [2.05, 4.69) is 70.2 Å². The molecule has 228 valence electrons. The summed E-state index contributed by atoms with van der Waals surface area (Å²) in [5.41, 5.74) is 8.62. The number of hydrogen-bond acceptors (Lipinski definition) is 4. The van der Waals surface area contributed by atoms with Crippen LogP contribution in [0.15, 0.2) is 69.9 Å².